The third kappa shape index (κ3) is 3.00. The lowest BCUT2D eigenvalue weighted by Gasteiger charge is -2.17. The zero-order chi connectivity index (χ0) is 14.0. The van der Waals surface area contributed by atoms with E-state index in [0.29, 0.717) is 18.2 Å². The van der Waals surface area contributed by atoms with E-state index in [-0.39, 0.29) is 17.2 Å². The van der Waals surface area contributed by atoms with E-state index in [2.05, 4.69) is 5.43 Å². The molecule has 1 fully saturated rings. The summed E-state index contributed by atoms with van der Waals surface area (Å²) in [5.41, 5.74) is 2.71. The average molecular weight is 264 g/mol. The van der Waals surface area contributed by atoms with Crippen LogP contribution in [0.2, 0.25) is 0 Å². The quantitative estimate of drug-likeness (QED) is 0.475. The van der Waals surface area contributed by atoms with E-state index in [0.717, 1.165) is 12.8 Å². The van der Waals surface area contributed by atoms with Gasteiger partial charge in [0.15, 0.2) is 0 Å². The van der Waals surface area contributed by atoms with Crippen molar-refractivity contribution in [3.63, 3.8) is 0 Å². The number of nitrogens with zero attached hydrogens (tertiary/aromatic N) is 2. The van der Waals surface area contributed by atoms with Gasteiger partial charge in [0.2, 0.25) is 0 Å². The molecule has 0 bridgehead atoms. The lowest BCUT2D eigenvalue weighted by atomic mass is 10.1. The van der Waals surface area contributed by atoms with Gasteiger partial charge in [-0.1, -0.05) is 0 Å². The first-order chi connectivity index (χ1) is 9.02. The number of hydrazine groups is 1. The third-order valence-electron chi connectivity index (χ3n) is 3.17. The van der Waals surface area contributed by atoms with Gasteiger partial charge in [-0.15, -0.1) is 0 Å². The Morgan fingerprint density at radius 2 is 2.26 bits per heavy atom. The highest BCUT2D eigenvalue weighted by Gasteiger charge is 2.28. The van der Waals surface area contributed by atoms with Gasteiger partial charge >= 0.3 is 0 Å². The number of anilines is 1. The van der Waals surface area contributed by atoms with E-state index in [4.69, 9.17) is 5.84 Å². The summed E-state index contributed by atoms with van der Waals surface area (Å²) >= 11 is 0. The predicted octanol–water partition coefficient (Wildman–Crippen LogP) is 1.36. The minimum Gasteiger partial charge on any atom is -0.341 e. The SMILES string of the molecule is CN(CC1CC1)C(=O)c1cc(NN)ccc1[N+](=O)[O-]. The number of carbonyl (C=O) groups is 1. The summed E-state index contributed by atoms with van der Waals surface area (Å²) < 4.78 is 0. The molecule has 102 valence electrons. The fourth-order valence-corrected chi connectivity index (χ4v) is 1.93. The molecule has 0 aliphatic heterocycles. The van der Waals surface area contributed by atoms with Gasteiger partial charge < -0.3 is 10.3 Å². The van der Waals surface area contributed by atoms with Crippen molar-refractivity contribution in [1.29, 1.82) is 0 Å². The molecule has 19 heavy (non-hydrogen) atoms. The topological polar surface area (TPSA) is 102 Å². The van der Waals surface area contributed by atoms with E-state index in [1.807, 2.05) is 0 Å². The van der Waals surface area contributed by atoms with E-state index in [1.54, 1.807) is 7.05 Å². The highest BCUT2D eigenvalue weighted by atomic mass is 16.6. The van der Waals surface area contributed by atoms with Crippen LogP contribution in [0.3, 0.4) is 0 Å². The number of hydrogen-bond acceptors (Lipinski definition) is 5. The van der Waals surface area contributed by atoms with Gasteiger partial charge in [-0.05, 0) is 30.9 Å². The second-order valence-electron chi connectivity index (χ2n) is 4.76. The molecule has 0 heterocycles. The summed E-state index contributed by atoms with van der Waals surface area (Å²) in [4.78, 5) is 24.2. The van der Waals surface area contributed by atoms with Crippen molar-refractivity contribution in [2.45, 2.75) is 12.8 Å². The van der Waals surface area contributed by atoms with Gasteiger partial charge in [-0.3, -0.25) is 20.8 Å². The fourth-order valence-electron chi connectivity index (χ4n) is 1.93. The van der Waals surface area contributed by atoms with Crippen LogP contribution in [0.5, 0.6) is 0 Å². The number of nitro groups is 1. The Balaban J connectivity index is 2.28. The summed E-state index contributed by atoms with van der Waals surface area (Å²) in [6, 6.07) is 4.16. The van der Waals surface area contributed by atoms with Crippen molar-refractivity contribution < 1.29 is 9.72 Å². The second-order valence-corrected chi connectivity index (χ2v) is 4.76. The highest BCUT2D eigenvalue weighted by molar-refractivity contribution is 5.99. The monoisotopic (exact) mass is 264 g/mol. The molecule has 1 aliphatic carbocycles. The molecule has 0 spiro atoms. The molecule has 0 aromatic heterocycles. The number of nitro benzene ring substituents is 1. The van der Waals surface area contributed by atoms with Gasteiger partial charge in [0.05, 0.1) is 4.92 Å². The Morgan fingerprint density at radius 1 is 1.58 bits per heavy atom. The van der Waals surface area contributed by atoms with Gasteiger partial charge in [0.25, 0.3) is 11.6 Å². The Labute approximate surface area is 110 Å². The van der Waals surface area contributed by atoms with Crippen LogP contribution in [0.1, 0.15) is 23.2 Å². The van der Waals surface area contributed by atoms with Crippen molar-refractivity contribution in [1.82, 2.24) is 4.90 Å². The number of hydrogen-bond donors (Lipinski definition) is 2. The molecule has 7 nitrogen and oxygen atoms in total. The number of amides is 1. The normalized spacial score (nSPS) is 14.0. The van der Waals surface area contributed by atoms with E-state index in [1.165, 1.54) is 23.1 Å². The molecule has 0 saturated heterocycles. The Morgan fingerprint density at radius 3 is 2.79 bits per heavy atom. The van der Waals surface area contributed by atoms with Crippen LogP contribution in [0.15, 0.2) is 18.2 Å². The highest BCUT2D eigenvalue weighted by Crippen LogP contribution is 2.30. The smallest absolute Gasteiger partial charge is 0.282 e. The molecule has 0 unspecified atom stereocenters. The Bertz CT molecular complexity index is 514. The Hall–Kier alpha value is -2.15. The summed E-state index contributed by atoms with van der Waals surface area (Å²) in [6.45, 7) is 0.635. The molecule has 1 aliphatic rings. The number of nitrogens with one attached hydrogen (secondary N) is 1. The fraction of sp³-hybridized carbons (Fsp3) is 0.417. The lowest BCUT2D eigenvalue weighted by molar-refractivity contribution is -0.385. The third-order valence-corrected chi connectivity index (χ3v) is 3.17. The van der Waals surface area contributed by atoms with Crippen molar-refractivity contribution in [2.75, 3.05) is 19.0 Å². The lowest BCUT2D eigenvalue weighted by Crippen LogP contribution is -2.29. The zero-order valence-corrected chi connectivity index (χ0v) is 10.6. The molecule has 0 atom stereocenters. The minimum absolute atomic E-state index is 0.0589. The van der Waals surface area contributed by atoms with Crippen molar-refractivity contribution in [2.24, 2.45) is 11.8 Å². The molecule has 1 aromatic carbocycles. The van der Waals surface area contributed by atoms with Crippen LogP contribution in [-0.2, 0) is 0 Å². The molecule has 1 amide bonds. The molecule has 0 radical (unpaired) electrons. The number of benzene rings is 1. The maximum absolute atomic E-state index is 12.3. The summed E-state index contributed by atoms with van der Waals surface area (Å²) in [6.07, 6.45) is 2.23. The van der Waals surface area contributed by atoms with Crippen molar-refractivity contribution in [3.8, 4) is 0 Å². The summed E-state index contributed by atoms with van der Waals surface area (Å²) in [5, 5.41) is 11.0. The van der Waals surface area contributed by atoms with E-state index < -0.39 is 4.92 Å². The van der Waals surface area contributed by atoms with E-state index >= 15 is 0 Å². The average Bonchev–Trinajstić information content (AvgIpc) is 3.20. The van der Waals surface area contributed by atoms with Crippen LogP contribution in [-0.4, -0.2) is 29.3 Å². The zero-order valence-electron chi connectivity index (χ0n) is 10.6. The van der Waals surface area contributed by atoms with Gasteiger partial charge in [0, 0.05) is 25.3 Å². The van der Waals surface area contributed by atoms with Gasteiger partial charge in [-0.25, -0.2) is 0 Å². The number of rotatable bonds is 5. The molecule has 1 aromatic rings. The maximum atomic E-state index is 12.3. The van der Waals surface area contributed by atoms with Crippen LogP contribution in [0.25, 0.3) is 0 Å². The molecule has 7 heteroatoms. The largest absolute Gasteiger partial charge is 0.341 e. The van der Waals surface area contributed by atoms with Crippen LogP contribution in [0, 0.1) is 16.0 Å². The van der Waals surface area contributed by atoms with E-state index in [9.17, 15) is 14.9 Å². The minimum atomic E-state index is -0.557. The number of carbonyl (C=O) groups excluding carboxylic acids is 1. The predicted molar refractivity (Wildman–Crippen MR) is 70.6 cm³/mol. The van der Waals surface area contributed by atoms with Gasteiger partial charge in [-0.2, -0.15) is 0 Å². The van der Waals surface area contributed by atoms with Crippen LogP contribution < -0.4 is 11.3 Å². The first kappa shape index (κ1) is 13.3. The van der Waals surface area contributed by atoms with Gasteiger partial charge in [0.1, 0.15) is 5.56 Å². The summed E-state index contributed by atoms with van der Waals surface area (Å²) in [7, 11) is 1.66. The Kier molecular flexibility index (Phi) is 3.66. The van der Waals surface area contributed by atoms with Crippen molar-refractivity contribution >= 4 is 17.3 Å². The molecule has 3 N–H and O–H groups in total. The van der Waals surface area contributed by atoms with Crippen molar-refractivity contribution in [3.05, 3.63) is 33.9 Å². The molecule has 2 rings (SSSR count). The second kappa shape index (κ2) is 5.23. The first-order valence-corrected chi connectivity index (χ1v) is 6.03. The molecule has 1 saturated carbocycles. The molecular weight excluding hydrogens is 248 g/mol. The summed E-state index contributed by atoms with van der Waals surface area (Å²) in [5.74, 6) is 5.45. The number of nitrogens with two attached hydrogens (primary N) is 1. The standard InChI is InChI=1S/C12H16N4O3/c1-15(7-8-2-3-8)12(17)10-6-9(14-13)4-5-11(10)16(18)19/h4-6,8,14H,2-3,7,13H2,1H3. The molecular formula is C12H16N4O3. The maximum Gasteiger partial charge on any atom is 0.282 e. The number of nitrogen functional groups attached to an aromatic ring is 1. The van der Waals surface area contributed by atoms with Crippen LogP contribution in [0.4, 0.5) is 11.4 Å². The first-order valence-electron chi connectivity index (χ1n) is 6.03. The van der Waals surface area contributed by atoms with Crippen LogP contribution >= 0.6 is 0 Å².